The van der Waals surface area contributed by atoms with E-state index < -0.39 is 0 Å². The van der Waals surface area contributed by atoms with E-state index >= 15 is 0 Å². The number of nitrogens with zero attached hydrogens (tertiary/aromatic N) is 3. The van der Waals surface area contributed by atoms with Crippen molar-refractivity contribution in [2.75, 3.05) is 31.1 Å². The molecule has 0 aliphatic carbocycles. The number of hydrogen-bond acceptors (Lipinski definition) is 4. The van der Waals surface area contributed by atoms with Crippen LogP contribution >= 0.6 is 0 Å². The zero-order valence-electron chi connectivity index (χ0n) is 15.1. The first-order valence-electron chi connectivity index (χ1n) is 9.21. The Balaban J connectivity index is 1.50. The van der Waals surface area contributed by atoms with Gasteiger partial charge >= 0.3 is 0 Å². The Kier molecular flexibility index (Phi) is 5.22. The predicted molar refractivity (Wildman–Crippen MR) is 97.0 cm³/mol. The van der Waals surface area contributed by atoms with Crippen molar-refractivity contribution in [1.82, 2.24) is 15.2 Å². The second kappa shape index (κ2) is 7.18. The van der Waals surface area contributed by atoms with E-state index in [-0.39, 0.29) is 0 Å². The van der Waals surface area contributed by atoms with Gasteiger partial charge in [-0.25, -0.2) is 4.98 Å². The van der Waals surface area contributed by atoms with Crippen molar-refractivity contribution in [2.24, 2.45) is 5.92 Å². The first kappa shape index (κ1) is 16.7. The maximum absolute atomic E-state index is 4.67. The van der Waals surface area contributed by atoms with Crippen LogP contribution in [0.1, 0.15) is 39.3 Å². The van der Waals surface area contributed by atoms with Gasteiger partial charge in [-0.2, -0.15) is 0 Å². The number of hydrogen-bond donors (Lipinski definition) is 1. The second-order valence-corrected chi connectivity index (χ2v) is 7.70. The number of anilines is 1. The van der Waals surface area contributed by atoms with Crippen LogP contribution in [-0.2, 0) is 0 Å². The summed E-state index contributed by atoms with van der Waals surface area (Å²) >= 11 is 0. The molecule has 2 saturated heterocycles. The van der Waals surface area contributed by atoms with E-state index in [4.69, 9.17) is 0 Å². The fourth-order valence-electron chi connectivity index (χ4n) is 3.93. The van der Waals surface area contributed by atoms with Crippen molar-refractivity contribution >= 4 is 5.82 Å². The van der Waals surface area contributed by atoms with E-state index in [1.54, 1.807) is 0 Å². The summed E-state index contributed by atoms with van der Waals surface area (Å²) in [4.78, 5) is 9.70. The van der Waals surface area contributed by atoms with Crippen LogP contribution in [0.15, 0.2) is 18.2 Å². The Labute approximate surface area is 141 Å². The monoisotopic (exact) mass is 316 g/mol. The average Bonchev–Trinajstić information content (AvgIpc) is 2.89. The Bertz CT molecular complexity index is 508. The van der Waals surface area contributed by atoms with E-state index in [0.29, 0.717) is 18.1 Å². The average molecular weight is 316 g/mol. The molecular formula is C19H32N4. The molecule has 0 bridgehead atoms. The van der Waals surface area contributed by atoms with Gasteiger partial charge in [0.05, 0.1) is 0 Å². The lowest BCUT2D eigenvalue weighted by Gasteiger charge is -2.35. The minimum Gasteiger partial charge on any atom is -0.356 e. The van der Waals surface area contributed by atoms with Gasteiger partial charge < -0.3 is 10.2 Å². The zero-order valence-corrected chi connectivity index (χ0v) is 15.1. The molecule has 128 valence electrons. The van der Waals surface area contributed by atoms with Gasteiger partial charge in [0.15, 0.2) is 0 Å². The maximum Gasteiger partial charge on any atom is 0.128 e. The van der Waals surface area contributed by atoms with E-state index in [2.05, 4.69) is 66.0 Å². The van der Waals surface area contributed by atoms with Gasteiger partial charge in [-0.15, -0.1) is 0 Å². The zero-order chi connectivity index (χ0) is 16.4. The minimum absolute atomic E-state index is 0.658. The fraction of sp³-hybridized carbons (Fsp3) is 0.737. The van der Waals surface area contributed by atoms with Crippen LogP contribution in [0.2, 0.25) is 0 Å². The lowest BCUT2D eigenvalue weighted by Crippen LogP contribution is -2.48. The maximum atomic E-state index is 4.67. The SMILES string of the molecule is Cc1cccc(N2CCC(N[C@H]3CN(C(C)C)C[C@H]3C)CC2)n1. The van der Waals surface area contributed by atoms with Gasteiger partial charge in [-0.1, -0.05) is 13.0 Å². The lowest BCUT2D eigenvalue weighted by atomic mass is 10.0. The van der Waals surface area contributed by atoms with E-state index in [0.717, 1.165) is 30.5 Å². The van der Waals surface area contributed by atoms with Crippen molar-refractivity contribution in [2.45, 2.75) is 58.7 Å². The predicted octanol–water partition coefficient (Wildman–Crippen LogP) is 2.68. The topological polar surface area (TPSA) is 31.4 Å². The van der Waals surface area contributed by atoms with E-state index in [9.17, 15) is 0 Å². The number of rotatable bonds is 4. The second-order valence-electron chi connectivity index (χ2n) is 7.70. The smallest absolute Gasteiger partial charge is 0.128 e. The van der Waals surface area contributed by atoms with Crippen molar-refractivity contribution in [3.8, 4) is 0 Å². The van der Waals surface area contributed by atoms with Crippen LogP contribution in [0.5, 0.6) is 0 Å². The Hall–Kier alpha value is -1.13. The molecule has 3 heterocycles. The lowest BCUT2D eigenvalue weighted by molar-refractivity contribution is 0.260. The number of aryl methyl sites for hydroxylation is 1. The van der Waals surface area contributed by atoms with Crippen molar-refractivity contribution in [3.05, 3.63) is 23.9 Å². The summed E-state index contributed by atoms with van der Waals surface area (Å²) in [5.41, 5.74) is 1.11. The molecule has 1 aromatic heterocycles. The van der Waals surface area contributed by atoms with Crippen molar-refractivity contribution in [1.29, 1.82) is 0 Å². The fourth-order valence-corrected chi connectivity index (χ4v) is 3.93. The molecule has 3 rings (SSSR count). The molecule has 2 fully saturated rings. The molecule has 0 unspecified atom stereocenters. The van der Waals surface area contributed by atoms with Gasteiger partial charge in [0, 0.05) is 50.0 Å². The molecule has 1 N–H and O–H groups in total. The quantitative estimate of drug-likeness (QED) is 0.925. The van der Waals surface area contributed by atoms with Gasteiger partial charge in [-0.05, 0) is 51.7 Å². The van der Waals surface area contributed by atoms with Gasteiger partial charge in [-0.3, -0.25) is 4.90 Å². The molecule has 0 radical (unpaired) electrons. The van der Waals surface area contributed by atoms with E-state index in [1.165, 1.54) is 25.9 Å². The Morgan fingerprint density at radius 2 is 1.91 bits per heavy atom. The normalized spacial score (nSPS) is 27.1. The Morgan fingerprint density at radius 3 is 2.52 bits per heavy atom. The van der Waals surface area contributed by atoms with Gasteiger partial charge in [0.25, 0.3) is 0 Å². The summed E-state index contributed by atoms with van der Waals surface area (Å²) in [6.07, 6.45) is 2.45. The molecule has 23 heavy (non-hydrogen) atoms. The molecule has 2 aliphatic heterocycles. The first-order valence-corrected chi connectivity index (χ1v) is 9.21. The summed E-state index contributed by atoms with van der Waals surface area (Å²) < 4.78 is 0. The summed E-state index contributed by atoms with van der Waals surface area (Å²) in [6.45, 7) is 13.8. The number of pyridine rings is 1. The summed E-state index contributed by atoms with van der Waals surface area (Å²) in [5, 5.41) is 3.95. The molecule has 0 aromatic carbocycles. The molecular weight excluding hydrogens is 284 g/mol. The van der Waals surface area contributed by atoms with Crippen LogP contribution in [-0.4, -0.2) is 54.2 Å². The van der Waals surface area contributed by atoms with Crippen LogP contribution in [0, 0.1) is 12.8 Å². The summed E-state index contributed by atoms with van der Waals surface area (Å²) in [6, 6.07) is 8.31. The minimum atomic E-state index is 0.658. The summed E-state index contributed by atoms with van der Waals surface area (Å²) in [5.74, 6) is 1.90. The number of piperidine rings is 1. The highest BCUT2D eigenvalue weighted by Gasteiger charge is 2.32. The Morgan fingerprint density at radius 1 is 1.17 bits per heavy atom. The highest BCUT2D eigenvalue weighted by molar-refractivity contribution is 5.39. The number of aromatic nitrogens is 1. The molecule has 2 aliphatic rings. The highest BCUT2D eigenvalue weighted by Crippen LogP contribution is 2.22. The van der Waals surface area contributed by atoms with Crippen LogP contribution < -0.4 is 10.2 Å². The molecule has 0 spiro atoms. The first-order chi connectivity index (χ1) is 11.0. The third kappa shape index (κ3) is 4.04. The van der Waals surface area contributed by atoms with Crippen LogP contribution in [0.4, 0.5) is 5.82 Å². The van der Waals surface area contributed by atoms with E-state index in [1.807, 2.05) is 0 Å². The van der Waals surface area contributed by atoms with Crippen LogP contribution in [0.25, 0.3) is 0 Å². The van der Waals surface area contributed by atoms with Crippen LogP contribution in [0.3, 0.4) is 0 Å². The molecule has 4 nitrogen and oxygen atoms in total. The number of nitrogens with one attached hydrogen (secondary N) is 1. The molecule has 0 saturated carbocycles. The van der Waals surface area contributed by atoms with Gasteiger partial charge in [0.2, 0.25) is 0 Å². The summed E-state index contributed by atoms with van der Waals surface area (Å²) in [7, 11) is 0. The highest BCUT2D eigenvalue weighted by atomic mass is 15.2. The van der Waals surface area contributed by atoms with Crippen molar-refractivity contribution < 1.29 is 0 Å². The molecule has 0 amide bonds. The molecule has 4 heteroatoms. The third-order valence-corrected chi connectivity index (χ3v) is 5.51. The standard InChI is InChI=1S/C19H32N4/c1-14(2)23-12-15(3)18(13-23)21-17-8-10-22(11-9-17)19-7-5-6-16(4)20-19/h5-7,14-15,17-18,21H,8-13H2,1-4H3/t15-,18+/m1/s1. The molecule has 2 atom stereocenters. The third-order valence-electron chi connectivity index (χ3n) is 5.51. The molecule has 1 aromatic rings. The largest absolute Gasteiger partial charge is 0.356 e. The van der Waals surface area contributed by atoms with Crippen molar-refractivity contribution in [3.63, 3.8) is 0 Å². The van der Waals surface area contributed by atoms with Gasteiger partial charge in [0.1, 0.15) is 5.82 Å². The number of likely N-dealkylation sites (tertiary alicyclic amines) is 1.